The molecule has 0 aliphatic rings. The fourth-order valence-electron chi connectivity index (χ4n) is 3.32. The molecule has 0 spiro atoms. The summed E-state index contributed by atoms with van der Waals surface area (Å²) in [5, 5.41) is 20.0. The molecule has 0 saturated carbocycles. The summed E-state index contributed by atoms with van der Waals surface area (Å²) in [7, 11) is 0. The maximum atomic E-state index is 11.6. The second kappa shape index (κ2) is 6.36. The Morgan fingerprint density at radius 3 is 2.39 bits per heavy atom. The number of benzene rings is 1. The van der Waals surface area contributed by atoms with Gasteiger partial charge >= 0.3 is 5.97 Å². The number of aromatic nitrogens is 1. The molecule has 4 nitrogen and oxygen atoms in total. The van der Waals surface area contributed by atoms with Crippen molar-refractivity contribution in [2.45, 2.75) is 59.4 Å². The average Bonchev–Trinajstić information content (AvgIpc) is 2.71. The Kier molecular flexibility index (Phi) is 4.85. The molecule has 0 aliphatic heterocycles. The summed E-state index contributed by atoms with van der Waals surface area (Å²) < 4.78 is 2.15. The number of nitrogens with zero attached hydrogens (tertiary/aromatic N) is 1. The molecule has 0 aliphatic carbocycles. The van der Waals surface area contributed by atoms with Gasteiger partial charge in [-0.1, -0.05) is 34.1 Å². The van der Waals surface area contributed by atoms with Crippen LogP contribution in [-0.2, 0) is 18.4 Å². The Morgan fingerprint density at radius 1 is 1.26 bits per heavy atom. The Balaban J connectivity index is 2.96. The second-order valence-corrected chi connectivity index (χ2v) is 7.16. The van der Waals surface area contributed by atoms with Gasteiger partial charge < -0.3 is 14.8 Å². The van der Waals surface area contributed by atoms with E-state index in [2.05, 4.69) is 39.2 Å². The number of hydrogen-bond donors (Lipinski definition) is 2. The third-order valence-electron chi connectivity index (χ3n) is 4.43. The molecule has 2 aromatic rings. The zero-order valence-corrected chi connectivity index (χ0v) is 14.7. The van der Waals surface area contributed by atoms with Crippen molar-refractivity contribution < 1.29 is 15.0 Å². The van der Waals surface area contributed by atoms with Crippen LogP contribution in [0.1, 0.15) is 61.3 Å². The van der Waals surface area contributed by atoms with Crippen LogP contribution >= 0.6 is 0 Å². The highest BCUT2D eigenvalue weighted by atomic mass is 16.4. The number of aliphatic hydroxyl groups excluding tert-OH is 1. The molecule has 1 aromatic heterocycles. The Labute approximate surface area is 137 Å². The first-order chi connectivity index (χ1) is 10.7. The lowest BCUT2D eigenvalue weighted by atomic mass is 9.84. The molecular formula is C19H27NO3. The summed E-state index contributed by atoms with van der Waals surface area (Å²) >= 11 is 0. The van der Waals surface area contributed by atoms with E-state index in [0.29, 0.717) is 12.1 Å². The van der Waals surface area contributed by atoms with Gasteiger partial charge in [-0.2, -0.15) is 0 Å². The smallest absolute Gasteiger partial charge is 0.335 e. The highest BCUT2D eigenvalue weighted by molar-refractivity contribution is 5.97. The Bertz CT molecular complexity index is 735. The summed E-state index contributed by atoms with van der Waals surface area (Å²) in [6.45, 7) is 11.1. The number of carboxylic acid groups (broad SMARTS) is 1. The number of aryl methyl sites for hydroxylation is 1. The standard InChI is InChI=1S/C19H27NO3/c1-6-7-14-12(2)20(8-9-21)17-15(14)10-13(18(22)23)11-16(17)19(3,4)5/h10-11,21H,6-9H2,1-5H3,(H,22,23). The topological polar surface area (TPSA) is 62.5 Å². The zero-order valence-electron chi connectivity index (χ0n) is 14.7. The van der Waals surface area contributed by atoms with Gasteiger partial charge in [-0.3, -0.25) is 0 Å². The van der Waals surface area contributed by atoms with Crippen LogP contribution in [0.25, 0.3) is 10.9 Å². The molecule has 2 rings (SSSR count). The third-order valence-corrected chi connectivity index (χ3v) is 4.43. The van der Waals surface area contributed by atoms with Crippen molar-refractivity contribution in [2.24, 2.45) is 0 Å². The van der Waals surface area contributed by atoms with Gasteiger partial charge in [0.2, 0.25) is 0 Å². The van der Waals surface area contributed by atoms with E-state index in [1.165, 1.54) is 5.56 Å². The Morgan fingerprint density at radius 2 is 1.91 bits per heavy atom. The van der Waals surface area contributed by atoms with Crippen LogP contribution in [0.2, 0.25) is 0 Å². The molecule has 23 heavy (non-hydrogen) atoms. The number of aliphatic hydroxyl groups is 1. The quantitative estimate of drug-likeness (QED) is 0.879. The van der Waals surface area contributed by atoms with Gasteiger partial charge in [0.15, 0.2) is 0 Å². The molecule has 0 atom stereocenters. The second-order valence-electron chi connectivity index (χ2n) is 7.16. The highest BCUT2D eigenvalue weighted by Crippen LogP contribution is 2.36. The van der Waals surface area contributed by atoms with Gasteiger partial charge in [-0.15, -0.1) is 0 Å². The number of carboxylic acids is 1. The number of carbonyl (C=O) groups is 1. The molecule has 0 saturated heterocycles. The largest absolute Gasteiger partial charge is 0.478 e. The van der Waals surface area contributed by atoms with E-state index in [0.717, 1.165) is 35.0 Å². The summed E-state index contributed by atoms with van der Waals surface area (Å²) in [5.41, 5.74) is 4.57. The molecule has 2 N–H and O–H groups in total. The summed E-state index contributed by atoms with van der Waals surface area (Å²) in [4.78, 5) is 11.6. The van der Waals surface area contributed by atoms with Crippen LogP contribution in [0, 0.1) is 6.92 Å². The van der Waals surface area contributed by atoms with Crippen LogP contribution in [0.15, 0.2) is 12.1 Å². The lowest BCUT2D eigenvalue weighted by molar-refractivity contribution is 0.0697. The average molecular weight is 317 g/mol. The lowest BCUT2D eigenvalue weighted by Gasteiger charge is -2.22. The van der Waals surface area contributed by atoms with Gasteiger partial charge in [0.1, 0.15) is 0 Å². The molecule has 0 fully saturated rings. The predicted octanol–water partition coefficient (Wildman–Crippen LogP) is 3.89. The fourth-order valence-corrected chi connectivity index (χ4v) is 3.32. The minimum absolute atomic E-state index is 0.0699. The maximum absolute atomic E-state index is 11.6. The zero-order chi connectivity index (χ0) is 17.4. The number of hydrogen-bond acceptors (Lipinski definition) is 2. The summed E-state index contributed by atoms with van der Waals surface area (Å²) in [6, 6.07) is 3.58. The fraction of sp³-hybridized carbons (Fsp3) is 0.526. The molecule has 1 heterocycles. The minimum atomic E-state index is -0.896. The SMILES string of the molecule is CCCc1c(C)n(CCO)c2c(C(C)(C)C)cc(C(=O)O)cc12. The molecule has 4 heteroatoms. The number of aromatic carboxylic acids is 1. The predicted molar refractivity (Wildman–Crippen MR) is 93.4 cm³/mol. The molecule has 0 amide bonds. The number of fused-ring (bicyclic) bond motifs is 1. The van der Waals surface area contributed by atoms with E-state index in [9.17, 15) is 15.0 Å². The first-order valence-electron chi connectivity index (χ1n) is 8.22. The van der Waals surface area contributed by atoms with Crippen molar-refractivity contribution in [1.82, 2.24) is 4.57 Å². The highest BCUT2D eigenvalue weighted by Gasteiger charge is 2.25. The van der Waals surface area contributed by atoms with Crippen LogP contribution in [-0.4, -0.2) is 27.4 Å². The first-order valence-corrected chi connectivity index (χ1v) is 8.22. The molecular weight excluding hydrogens is 290 g/mol. The van der Waals surface area contributed by atoms with Gasteiger partial charge in [0, 0.05) is 17.6 Å². The van der Waals surface area contributed by atoms with E-state index < -0.39 is 5.97 Å². The van der Waals surface area contributed by atoms with Gasteiger partial charge in [0.05, 0.1) is 17.7 Å². The van der Waals surface area contributed by atoms with E-state index in [4.69, 9.17) is 0 Å². The van der Waals surface area contributed by atoms with Crippen molar-refractivity contribution in [3.05, 3.63) is 34.5 Å². The normalized spacial score (nSPS) is 12.1. The van der Waals surface area contributed by atoms with Crippen molar-refractivity contribution in [3.63, 3.8) is 0 Å². The molecule has 1 aromatic carbocycles. The van der Waals surface area contributed by atoms with Crippen LogP contribution in [0.4, 0.5) is 0 Å². The third kappa shape index (κ3) is 3.13. The summed E-state index contributed by atoms with van der Waals surface area (Å²) in [5.74, 6) is -0.896. The van der Waals surface area contributed by atoms with Crippen molar-refractivity contribution in [1.29, 1.82) is 0 Å². The lowest BCUT2D eigenvalue weighted by Crippen LogP contribution is -2.16. The molecule has 0 unspecified atom stereocenters. The van der Waals surface area contributed by atoms with Crippen molar-refractivity contribution in [2.75, 3.05) is 6.61 Å². The van der Waals surface area contributed by atoms with Gasteiger partial charge in [-0.25, -0.2) is 4.79 Å². The molecule has 0 bridgehead atoms. The maximum Gasteiger partial charge on any atom is 0.335 e. The summed E-state index contributed by atoms with van der Waals surface area (Å²) in [6.07, 6.45) is 1.91. The Hall–Kier alpha value is -1.81. The van der Waals surface area contributed by atoms with Crippen molar-refractivity contribution in [3.8, 4) is 0 Å². The van der Waals surface area contributed by atoms with Gasteiger partial charge in [-0.05, 0) is 42.0 Å². The van der Waals surface area contributed by atoms with Crippen LogP contribution in [0.3, 0.4) is 0 Å². The first kappa shape index (κ1) is 17.5. The van der Waals surface area contributed by atoms with Crippen molar-refractivity contribution >= 4 is 16.9 Å². The molecule has 126 valence electrons. The van der Waals surface area contributed by atoms with E-state index in [1.54, 1.807) is 12.1 Å². The number of rotatable bonds is 5. The van der Waals surface area contributed by atoms with Crippen LogP contribution in [0.5, 0.6) is 0 Å². The van der Waals surface area contributed by atoms with E-state index >= 15 is 0 Å². The van der Waals surface area contributed by atoms with Crippen LogP contribution < -0.4 is 0 Å². The minimum Gasteiger partial charge on any atom is -0.478 e. The monoisotopic (exact) mass is 317 g/mol. The molecule has 0 radical (unpaired) electrons. The van der Waals surface area contributed by atoms with E-state index in [-0.39, 0.29) is 12.0 Å². The van der Waals surface area contributed by atoms with E-state index in [1.807, 2.05) is 0 Å². The van der Waals surface area contributed by atoms with Gasteiger partial charge in [0.25, 0.3) is 0 Å².